The number of hydrogen-bond acceptors (Lipinski definition) is 4. The van der Waals surface area contributed by atoms with Gasteiger partial charge in [0.05, 0.1) is 28.2 Å². The molecule has 1 aromatic carbocycles. The minimum atomic E-state index is -0.328. The van der Waals surface area contributed by atoms with Crippen LogP contribution in [0.25, 0.3) is 33.0 Å². The summed E-state index contributed by atoms with van der Waals surface area (Å²) in [6.07, 6.45) is 3.30. The van der Waals surface area contributed by atoms with E-state index in [0.29, 0.717) is 23.3 Å². The van der Waals surface area contributed by atoms with Gasteiger partial charge in [-0.1, -0.05) is 11.2 Å². The molecule has 2 aromatic heterocycles. The van der Waals surface area contributed by atoms with E-state index in [-0.39, 0.29) is 5.82 Å². The van der Waals surface area contributed by atoms with Crippen LogP contribution in [0, 0.1) is 5.82 Å². The van der Waals surface area contributed by atoms with E-state index < -0.39 is 0 Å². The fraction of sp³-hybridized carbons (Fsp3) is 0.143. The number of aromatic nitrogens is 4. The maximum absolute atomic E-state index is 13.4. The molecule has 0 atom stereocenters. The first-order chi connectivity index (χ1) is 11.7. The van der Waals surface area contributed by atoms with Crippen LogP contribution in [0.5, 0.6) is 0 Å². The van der Waals surface area contributed by atoms with Gasteiger partial charge in [0.25, 0.3) is 0 Å². The molecular weight excluding hydrogens is 379 g/mol. The molecule has 122 valence electrons. The summed E-state index contributed by atoms with van der Waals surface area (Å²) in [6, 6.07) is 4.76. The number of nitrogens with zero attached hydrogens (tertiary/aromatic N) is 5. The molecule has 0 amide bonds. The Morgan fingerprint density at radius 1 is 1.25 bits per heavy atom. The number of benzene rings is 1. The molecule has 8 nitrogen and oxygen atoms in total. The number of anilines is 1. The number of nitrogens with one attached hydrogen (secondary N) is 3. The molecule has 24 heavy (non-hydrogen) atoms. The molecule has 0 radical (unpaired) electrons. The highest BCUT2D eigenvalue weighted by atomic mass is 79.9. The first-order valence-corrected chi connectivity index (χ1v) is 7.77. The number of rotatable bonds is 6. The van der Waals surface area contributed by atoms with Crippen LogP contribution >= 0.6 is 15.9 Å². The summed E-state index contributed by atoms with van der Waals surface area (Å²) in [7, 11) is 0. The number of halogens is 2. The van der Waals surface area contributed by atoms with E-state index >= 15 is 0 Å². The van der Waals surface area contributed by atoms with Crippen molar-refractivity contribution in [2.24, 2.45) is 5.11 Å². The zero-order valence-electron chi connectivity index (χ0n) is 12.3. The molecule has 0 fully saturated rings. The number of H-pyrrole nitrogens is 2. The summed E-state index contributed by atoms with van der Waals surface area (Å²) in [4.78, 5) is 2.71. The second kappa shape index (κ2) is 7.16. The molecule has 0 bridgehead atoms. The zero-order valence-corrected chi connectivity index (χ0v) is 13.9. The van der Waals surface area contributed by atoms with Gasteiger partial charge in [0.15, 0.2) is 0 Å². The van der Waals surface area contributed by atoms with Gasteiger partial charge in [-0.05, 0) is 39.2 Å². The van der Waals surface area contributed by atoms with Gasteiger partial charge < -0.3 is 5.32 Å². The minimum absolute atomic E-state index is 0.321. The standard InChI is InChI=1S/C14H12BrFN8/c15-10-5-8(1-2-11(10)16)9-6-20-22-13(9)14-12(7-21-23-14)18-3-4-19-24-17/h1-2,5-7,18H,3-4H2,(H,20,22)(H,21,23). The summed E-state index contributed by atoms with van der Waals surface area (Å²) < 4.78 is 13.8. The van der Waals surface area contributed by atoms with E-state index in [0.717, 1.165) is 22.5 Å². The Kier molecular flexibility index (Phi) is 4.78. The highest BCUT2D eigenvalue weighted by Crippen LogP contribution is 2.34. The van der Waals surface area contributed by atoms with Crippen molar-refractivity contribution in [2.45, 2.75) is 0 Å². The first kappa shape index (κ1) is 16.0. The van der Waals surface area contributed by atoms with Crippen molar-refractivity contribution in [3.63, 3.8) is 0 Å². The van der Waals surface area contributed by atoms with E-state index in [2.05, 4.69) is 51.7 Å². The van der Waals surface area contributed by atoms with Crippen molar-refractivity contribution in [1.82, 2.24) is 20.4 Å². The largest absolute Gasteiger partial charge is 0.382 e. The SMILES string of the molecule is [N-]=[N+]=NCCNc1cn[nH]c1-c1[nH]ncc1-c1ccc(F)c(Br)c1. The molecule has 0 aliphatic carbocycles. The van der Waals surface area contributed by atoms with Crippen LogP contribution in [0.4, 0.5) is 10.1 Å². The van der Waals surface area contributed by atoms with Crippen molar-refractivity contribution < 1.29 is 4.39 Å². The van der Waals surface area contributed by atoms with Gasteiger partial charge in [-0.25, -0.2) is 4.39 Å². The van der Waals surface area contributed by atoms with Gasteiger partial charge in [0.1, 0.15) is 11.5 Å². The van der Waals surface area contributed by atoms with Crippen molar-refractivity contribution in [3.8, 4) is 22.5 Å². The fourth-order valence-corrected chi connectivity index (χ4v) is 2.63. The molecule has 0 unspecified atom stereocenters. The van der Waals surface area contributed by atoms with Crippen LogP contribution in [0.1, 0.15) is 0 Å². The van der Waals surface area contributed by atoms with Crippen molar-refractivity contribution >= 4 is 21.6 Å². The van der Waals surface area contributed by atoms with Gasteiger partial charge in [0.2, 0.25) is 0 Å². The number of azide groups is 1. The monoisotopic (exact) mass is 390 g/mol. The molecule has 3 N–H and O–H groups in total. The second-order valence-electron chi connectivity index (χ2n) is 4.83. The molecule has 10 heteroatoms. The maximum Gasteiger partial charge on any atom is 0.137 e. The van der Waals surface area contributed by atoms with Crippen LogP contribution in [0.15, 0.2) is 40.2 Å². The third-order valence-corrected chi connectivity index (χ3v) is 3.96. The Bertz CT molecular complexity index is 896. The smallest absolute Gasteiger partial charge is 0.137 e. The molecular formula is C14H12BrFN8. The first-order valence-electron chi connectivity index (χ1n) is 6.98. The van der Waals surface area contributed by atoms with Crippen molar-refractivity contribution in [2.75, 3.05) is 18.4 Å². The van der Waals surface area contributed by atoms with Crippen LogP contribution < -0.4 is 5.32 Å². The third kappa shape index (κ3) is 3.24. The zero-order chi connectivity index (χ0) is 16.9. The van der Waals surface area contributed by atoms with Crippen molar-refractivity contribution in [3.05, 3.63) is 51.3 Å². The van der Waals surface area contributed by atoms with Gasteiger partial charge in [-0.3, -0.25) is 10.2 Å². The van der Waals surface area contributed by atoms with Crippen LogP contribution in [0.3, 0.4) is 0 Å². The highest BCUT2D eigenvalue weighted by molar-refractivity contribution is 9.10. The van der Waals surface area contributed by atoms with E-state index in [4.69, 9.17) is 5.53 Å². The predicted octanol–water partition coefficient (Wildman–Crippen LogP) is 4.09. The van der Waals surface area contributed by atoms with Gasteiger partial charge in [-0.2, -0.15) is 10.2 Å². The Balaban J connectivity index is 1.92. The molecule has 0 aliphatic rings. The molecule has 0 saturated carbocycles. The fourth-order valence-electron chi connectivity index (χ4n) is 2.26. The van der Waals surface area contributed by atoms with E-state index in [1.54, 1.807) is 24.5 Å². The topological polar surface area (TPSA) is 118 Å². The van der Waals surface area contributed by atoms with Crippen LogP contribution in [-0.4, -0.2) is 33.5 Å². The van der Waals surface area contributed by atoms with Gasteiger partial charge >= 0.3 is 0 Å². The lowest BCUT2D eigenvalue weighted by Gasteiger charge is -2.07. The molecule has 3 rings (SSSR count). The van der Waals surface area contributed by atoms with Crippen LogP contribution in [-0.2, 0) is 0 Å². The summed E-state index contributed by atoms with van der Waals surface area (Å²) in [5.41, 5.74) is 12.1. The van der Waals surface area contributed by atoms with E-state index in [9.17, 15) is 4.39 Å². The second-order valence-corrected chi connectivity index (χ2v) is 5.68. The summed E-state index contributed by atoms with van der Waals surface area (Å²) >= 11 is 3.19. The molecule has 2 heterocycles. The Labute approximate surface area is 144 Å². The third-order valence-electron chi connectivity index (χ3n) is 3.35. The quantitative estimate of drug-likeness (QED) is 0.254. The lowest BCUT2D eigenvalue weighted by Crippen LogP contribution is -2.04. The van der Waals surface area contributed by atoms with E-state index in [1.165, 1.54) is 6.07 Å². The number of aromatic amines is 2. The Morgan fingerprint density at radius 3 is 2.83 bits per heavy atom. The summed E-state index contributed by atoms with van der Waals surface area (Å²) in [5.74, 6) is -0.328. The van der Waals surface area contributed by atoms with E-state index in [1.807, 2.05) is 0 Å². The van der Waals surface area contributed by atoms with Gasteiger partial charge in [0, 0.05) is 23.6 Å². The highest BCUT2D eigenvalue weighted by Gasteiger charge is 2.16. The lowest BCUT2D eigenvalue weighted by atomic mass is 10.0. The minimum Gasteiger partial charge on any atom is -0.382 e. The van der Waals surface area contributed by atoms with Crippen LogP contribution in [0.2, 0.25) is 0 Å². The van der Waals surface area contributed by atoms with Crippen molar-refractivity contribution in [1.29, 1.82) is 0 Å². The molecule has 0 aliphatic heterocycles. The normalized spacial score (nSPS) is 10.4. The molecule has 0 saturated heterocycles. The number of hydrogen-bond donors (Lipinski definition) is 3. The summed E-state index contributed by atoms with van der Waals surface area (Å²) in [5, 5.41) is 20.6. The average Bonchev–Trinajstić information content (AvgIpc) is 3.22. The average molecular weight is 391 g/mol. The summed E-state index contributed by atoms with van der Waals surface area (Å²) in [6.45, 7) is 0.796. The maximum atomic E-state index is 13.4. The van der Waals surface area contributed by atoms with Gasteiger partial charge in [-0.15, -0.1) is 0 Å². The molecule has 3 aromatic rings. The molecule has 0 spiro atoms. The Morgan fingerprint density at radius 2 is 2.04 bits per heavy atom. The predicted molar refractivity (Wildman–Crippen MR) is 91.8 cm³/mol. The lowest BCUT2D eigenvalue weighted by molar-refractivity contribution is 0.621. The Hall–Kier alpha value is -2.84.